The number of alkyl halides is 6. The minimum absolute atomic E-state index is 0.0674. The molecule has 8 nitrogen and oxygen atoms in total. The van der Waals surface area contributed by atoms with Crippen molar-refractivity contribution < 1.29 is 40.7 Å². The normalized spacial score (nSPS) is 17.3. The van der Waals surface area contributed by atoms with E-state index in [1.165, 1.54) is 40.5 Å². The lowest BCUT2D eigenvalue weighted by Gasteiger charge is -2.48. The Morgan fingerprint density at radius 2 is 1.36 bits per heavy atom. The van der Waals surface area contributed by atoms with Gasteiger partial charge in [0.15, 0.2) is 5.01 Å². The lowest BCUT2D eigenvalue weighted by atomic mass is 9.71. The van der Waals surface area contributed by atoms with E-state index in [0.29, 0.717) is 55.5 Å². The van der Waals surface area contributed by atoms with Crippen LogP contribution in [0.4, 0.5) is 32.0 Å². The van der Waals surface area contributed by atoms with Gasteiger partial charge >= 0.3 is 12.4 Å². The third-order valence-electron chi connectivity index (χ3n) is 11.5. The molecule has 0 bridgehead atoms. The van der Waals surface area contributed by atoms with Gasteiger partial charge in [-0.25, -0.2) is 4.98 Å². The number of carbonyl (C=O) groups is 3. The van der Waals surface area contributed by atoms with E-state index in [0.717, 1.165) is 35.4 Å². The predicted molar refractivity (Wildman–Crippen MR) is 210 cm³/mol. The predicted octanol–water partition coefficient (Wildman–Crippen LogP) is 8.04. The van der Waals surface area contributed by atoms with Crippen LogP contribution < -0.4 is 4.90 Å². The summed E-state index contributed by atoms with van der Waals surface area (Å²) in [6.07, 6.45) is -8.31. The zero-order valence-electron chi connectivity index (χ0n) is 31.9. The number of benzene rings is 4. The zero-order chi connectivity index (χ0) is 41.7. The highest BCUT2D eigenvalue weighted by Crippen LogP contribution is 2.48. The summed E-state index contributed by atoms with van der Waals surface area (Å²) in [5.74, 6) is -0.905. The van der Waals surface area contributed by atoms with Gasteiger partial charge in [-0.2, -0.15) is 26.3 Å². The second-order valence-corrected chi connectivity index (χ2v) is 16.4. The first-order valence-electron chi connectivity index (χ1n) is 19.2. The first-order chi connectivity index (χ1) is 28.1. The molecule has 0 N–H and O–H groups in total. The first kappa shape index (κ1) is 40.2. The number of halogens is 6. The van der Waals surface area contributed by atoms with Crippen molar-refractivity contribution in [2.75, 3.05) is 44.2 Å². The van der Waals surface area contributed by atoms with Gasteiger partial charge in [-0.3, -0.25) is 19.3 Å². The van der Waals surface area contributed by atoms with Crippen molar-refractivity contribution in [1.82, 2.24) is 19.7 Å². The molecule has 2 fully saturated rings. The van der Waals surface area contributed by atoms with E-state index in [-0.39, 0.29) is 53.9 Å². The average molecular weight is 832 g/mol. The molecule has 3 amide bonds. The monoisotopic (exact) mass is 831 g/mol. The van der Waals surface area contributed by atoms with Crippen molar-refractivity contribution >= 4 is 34.7 Å². The molecule has 0 atom stereocenters. The van der Waals surface area contributed by atoms with Crippen molar-refractivity contribution in [3.05, 3.63) is 152 Å². The molecule has 0 spiro atoms. The molecule has 5 aromatic rings. The molecule has 0 unspecified atom stereocenters. The molecule has 3 aliphatic rings. The maximum Gasteiger partial charge on any atom is 0.416 e. The van der Waals surface area contributed by atoms with Crippen molar-refractivity contribution in [3.8, 4) is 0 Å². The topological polar surface area (TPSA) is 77.1 Å². The number of thiazole rings is 1. The Kier molecular flexibility index (Phi) is 10.6. The number of anilines is 1. The number of amides is 3. The molecule has 59 heavy (non-hydrogen) atoms. The van der Waals surface area contributed by atoms with Crippen LogP contribution in [-0.2, 0) is 41.9 Å². The van der Waals surface area contributed by atoms with E-state index in [1.54, 1.807) is 39.6 Å². The smallest absolute Gasteiger partial charge is 0.335 e. The molecule has 2 saturated heterocycles. The van der Waals surface area contributed by atoms with Gasteiger partial charge in [0.1, 0.15) is 0 Å². The molecule has 1 aromatic heterocycles. The van der Waals surface area contributed by atoms with E-state index in [2.05, 4.69) is 9.88 Å². The Morgan fingerprint density at radius 1 is 0.746 bits per heavy atom. The van der Waals surface area contributed by atoms with Crippen molar-refractivity contribution in [2.45, 2.75) is 50.1 Å². The molecule has 4 heterocycles. The molecule has 4 aromatic carbocycles. The van der Waals surface area contributed by atoms with Crippen molar-refractivity contribution in [3.63, 3.8) is 0 Å². The van der Waals surface area contributed by atoms with Crippen LogP contribution in [0.5, 0.6) is 0 Å². The number of carbonyl (C=O) groups excluding carboxylic acids is 3. The highest BCUT2D eigenvalue weighted by Gasteiger charge is 2.52. The number of nitrogens with zero attached hydrogens (tertiary/aromatic N) is 5. The van der Waals surface area contributed by atoms with Gasteiger partial charge in [-0.1, -0.05) is 66.2 Å². The molecular weight excluding hydrogens is 793 g/mol. The first-order valence-corrected chi connectivity index (χ1v) is 20.0. The van der Waals surface area contributed by atoms with Crippen LogP contribution in [0.1, 0.15) is 59.1 Å². The summed E-state index contributed by atoms with van der Waals surface area (Å²) in [4.78, 5) is 53.4. The third kappa shape index (κ3) is 8.09. The molecule has 0 radical (unpaired) electrons. The van der Waals surface area contributed by atoms with Crippen LogP contribution in [-0.4, -0.2) is 82.7 Å². The summed E-state index contributed by atoms with van der Waals surface area (Å²) in [5.41, 5.74) is -0.441. The Balaban J connectivity index is 1.12. The highest BCUT2D eigenvalue weighted by atomic mass is 32.1. The number of hydrogen-bond donors (Lipinski definition) is 0. The van der Waals surface area contributed by atoms with Crippen LogP contribution in [0.25, 0.3) is 0 Å². The summed E-state index contributed by atoms with van der Waals surface area (Å²) in [6.45, 7) is 5.16. The fourth-order valence-corrected chi connectivity index (χ4v) is 9.13. The number of aryl methyl sites for hydroxylation is 1. The minimum Gasteiger partial charge on any atom is -0.335 e. The number of likely N-dealkylation sites (tertiary alicyclic amines) is 1. The van der Waals surface area contributed by atoms with E-state index in [1.807, 2.05) is 31.2 Å². The van der Waals surface area contributed by atoms with Gasteiger partial charge in [-0.15, -0.1) is 11.3 Å². The fraction of sp³-hybridized carbons (Fsp3) is 0.318. The van der Waals surface area contributed by atoms with E-state index < -0.39 is 34.8 Å². The molecule has 8 rings (SSSR count). The van der Waals surface area contributed by atoms with Crippen LogP contribution in [0.3, 0.4) is 0 Å². The number of hydrogen-bond acceptors (Lipinski definition) is 6. The maximum absolute atomic E-state index is 15.1. The number of aromatic nitrogens is 1. The minimum atomic E-state index is -4.68. The summed E-state index contributed by atoms with van der Waals surface area (Å²) < 4.78 is 84.0. The Hall–Kier alpha value is -5.54. The van der Waals surface area contributed by atoms with Gasteiger partial charge in [0, 0.05) is 68.1 Å². The Bertz CT molecular complexity index is 2330. The molecule has 306 valence electrons. The highest BCUT2D eigenvalue weighted by molar-refractivity contribution is 7.11. The Morgan fingerprint density at radius 3 is 1.93 bits per heavy atom. The van der Waals surface area contributed by atoms with E-state index >= 15 is 4.79 Å². The van der Waals surface area contributed by atoms with Crippen LogP contribution in [0.2, 0.25) is 0 Å². The molecule has 3 aliphatic heterocycles. The lowest BCUT2D eigenvalue weighted by molar-refractivity contribution is -0.138. The number of piperazine rings is 1. The second-order valence-electron chi connectivity index (χ2n) is 15.5. The molecule has 0 aliphatic carbocycles. The average Bonchev–Trinajstić information content (AvgIpc) is 3.80. The third-order valence-corrected chi connectivity index (χ3v) is 12.3. The fourth-order valence-electron chi connectivity index (χ4n) is 8.53. The van der Waals surface area contributed by atoms with Gasteiger partial charge < -0.3 is 14.7 Å². The van der Waals surface area contributed by atoms with Gasteiger partial charge in [0.25, 0.3) is 11.8 Å². The van der Waals surface area contributed by atoms with Gasteiger partial charge in [0.05, 0.1) is 23.1 Å². The largest absolute Gasteiger partial charge is 0.416 e. The van der Waals surface area contributed by atoms with E-state index in [9.17, 15) is 35.9 Å². The number of fused-ring (bicyclic) bond motifs is 1. The van der Waals surface area contributed by atoms with Crippen LogP contribution in [0.15, 0.2) is 103 Å². The summed E-state index contributed by atoms with van der Waals surface area (Å²) in [6, 6.07) is 21.7. The number of rotatable bonds is 9. The van der Waals surface area contributed by atoms with Crippen LogP contribution >= 0.6 is 11.3 Å². The summed E-state index contributed by atoms with van der Waals surface area (Å²) in [5, 5.41) is 2.21. The molecule has 15 heteroatoms. The zero-order valence-corrected chi connectivity index (χ0v) is 32.7. The molecule has 0 saturated carbocycles. The van der Waals surface area contributed by atoms with Crippen molar-refractivity contribution in [1.29, 1.82) is 0 Å². The maximum atomic E-state index is 15.1. The van der Waals surface area contributed by atoms with Crippen LogP contribution in [0, 0.1) is 6.92 Å². The summed E-state index contributed by atoms with van der Waals surface area (Å²) in [7, 11) is 0. The standard InChI is InChI=1S/C44H39F6N5O3S/c1-28-5-2-8-31(19-28)25-55-37-12-11-32(39(56)54-26-35(27-54)52-14-16-53(17-15-52)40(57)38-51-13-18-59-38)22-36(37)42(41(55)58,23-29-6-3-9-33(20-29)43(45,46)47)24-30-7-4-10-34(21-30)44(48,49)50/h2-13,18-22,35H,14-17,23-27H2,1H3. The van der Waals surface area contributed by atoms with Crippen molar-refractivity contribution in [2.24, 2.45) is 0 Å². The van der Waals surface area contributed by atoms with Gasteiger partial charge in [0.2, 0.25) is 5.91 Å². The second kappa shape index (κ2) is 15.6. The summed E-state index contributed by atoms with van der Waals surface area (Å²) >= 11 is 1.30. The Labute approximate surface area is 340 Å². The lowest BCUT2D eigenvalue weighted by Crippen LogP contribution is -2.64. The van der Waals surface area contributed by atoms with E-state index in [4.69, 9.17) is 0 Å². The quantitative estimate of drug-likeness (QED) is 0.141. The molecular formula is C44H39F6N5O3S. The SMILES string of the molecule is Cc1cccc(CN2C(=O)C(Cc3cccc(C(F)(F)F)c3)(Cc3cccc(C(F)(F)F)c3)c3cc(C(=O)N4CC(N5CCN(C(=O)c6nccs6)CC5)C4)ccc32)c1. The van der Waals surface area contributed by atoms with Gasteiger partial charge in [-0.05, 0) is 72.4 Å².